The predicted molar refractivity (Wildman–Crippen MR) is 72.4 cm³/mol. The van der Waals surface area contributed by atoms with E-state index in [9.17, 15) is 18.4 Å². The number of anilines is 1. The van der Waals surface area contributed by atoms with Gasteiger partial charge in [-0.2, -0.15) is 0 Å². The van der Waals surface area contributed by atoms with Crippen molar-refractivity contribution < 1.29 is 23.5 Å². The second-order valence-electron chi connectivity index (χ2n) is 4.41. The van der Waals surface area contributed by atoms with Crippen molar-refractivity contribution in [3.05, 3.63) is 64.7 Å². The number of halogens is 2. The number of rotatable bonds is 3. The SMILES string of the molecule is Cc1ccc(NC(=O)c2cccc(F)c2F)c(C(=O)O)c1. The highest BCUT2D eigenvalue weighted by atomic mass is 19.2. The van der Waals surface area contributed by atoms with Gasteiger partial charge < -0.3 is 10.4 Å². The molecule has 108 valence electrons. The Morgan fingerprint density at radius 1 is 1.10 bits per heavy atom. The summed E-state index contributed by atoms with van der Waals surface area (Å²) < 4.78 is 26.6. The lowest BCUT2D eigenvalue weighted by Crippen LogP contribution is -2.17. The molecule has 0 saturated heterocycles. The largest absolute Gasteiger partial charge is 0.478 e. The molecule has 4 nitrogen and oxygen atoms in total. The Balaban J connectivity index is 2.36. The van der Waals surface area contributed by atoms with Gasteiger partial charge in [0, 0.05) is 0 Å². The zero-order valence-electron chi connectivity index (χ0n) is 11.0. The molecule has 0 fully saturated rings. The maximum Gasteiger partial charge on any atom is 0.337 e. The Labute approximate surface area is 119 Å². The van der Waals surface area contributed by atoms with E-state index in [4.69, 9.17) is 5.11 Å². The van der Waals surface area contributed by atoms with E-state index in [1.54, 1.807) is 13.0 Å². The molecular formula is C15H11F2NO3. The van der Waals surface area contributed by atoms with E-state index in [2.05, 4.69) is 5.32 Å². The maximum absolute atomic E-state index is 13.5. The third-order valence-corrected chi connectivity index (χ3v) is 2.85. The molecule has 0 bridgehead atoms. The number of carbonyl (C=O) groups excluding carboxylic acids is 1. The van der Waals surface area contributed by atoms with Crippen molar-refractivity contribution in [1.82, 2.24) is 0 Å². The molecule has 0 spiro atoms. The van der Waals surface area contributed by atoms with Crippen molar-refractivity contribution in [2.24, 2.45) is 0 Å². The monoisotopic (exact) mass is 291 g/mol. The van der Waals surface area contributed by atoms with Gasteiger partial charge >= 0.3 is 5.97 Å². The summed E-state index contributed by atoms with van der Waals surface area (Å²) in [7, 11) is 0. The molecule has 0 aliphatic heterocycles. The first-order valence-electron chi connectivity index (χ1n) is 5.99. The normalized spacial score (nSPS) is 10.2. The molecule has 0 heterocycles. The van der Waals surface area contributed by atoms with Crippen LogP contribution in [-0.2, 0) is 0 Å². The molecule has 2 N–H and O–H groups in total. The van der Waals surface area contributed by atoms with Crippen LogP contribution in [0.25, 0.3) is 0 Å². The van der Waals surface area contributed by atoms with Gasteiger partial charge in [0.15, 0.2) is 11.6 Å². The number of carboxylic acids is 1. The van der Waals surface area contributed by atoms with Gasteiger partial charge in [0.25, 0.3) is 5.91 Å². The topological polar surface area (TPSA) is 66.4 Å². The first kappa shape index (κ1) is 14.6. The van der Waals surface area contributed by atoms with Crippen LogP contribution in [0.4, 0.5) is 14.5 Å². The summed E-state index contributed by atoms with van der Waals surface area (Å²) >= 11 is 0. The van der Waals surface area contributed by atoms with E-state index in [1.165, 1.54) is 18.2 Å². The lowest BCUT2D eigenvalue weighted by molar-refractivity contribution is 0.0698. The van der Waals surface area contributed by atoms with E-state index in [-0.39, 0.29) is 11.3 Å². The highest BCUT2D eigenvalue weighted by molar-refractivity contribution is 6.07. The molecule has 6 heteroatoms. The summed E-state index contributed by atoms with van der Waals surface area (Å²) in [5.74, 6) is -4.57. The summed E-state index contributed by atoms with van der Waals surface area (Å²) in [5, 5.41) is 11.4. The molecule has 1 amide bonds. The summed E-state index contributed by atoms with van der Waals surface area (Å²) in [5.41, 5.74) is 0.0937. The standard InChI is InChI=1S/C15H11F2NO3/c1-8-5-6-12(10(7-8)15(20)21)18-14(19)9-3-2-4-11(16)13(9)17/h2-7H,1H3,(H,18,19)(H,20,21). The van der Waals surface area contributed by atoms with Gasteiger partial charge in [-0.1, -0.05) is 17.7 Å². The van der Waals surface area contributed by atoms with Crippen LogP contribution in [-0.4, -0.2) is 17.0 Å². The molecule has 0 atom stereocenters. The van der Waals surface area contributed by atoms with Gasteiger partial charge in [-0.3, -0.25) is 4.79 Å². The molecule has 2 aromatic carbocycles. The van der Waals surface area contributed by atoms with Crippen LogP contribution in [0.2, 0.25) is 0 Å². The van der Waals surface area contributed by atoms with Gasteiger partial charge in [-0.15, -0.1) is 0 Å². The number of aryl methyl sites for hydroxylation is 1. The van der Waals surface area contributed by atoms with Crippen molar-refractivity contribution in [3.8, 4) is 0 Å². The fourth-order valence-electron chi connectivity index (χ4n) is 1.81. The van der Waals surface area contributed by atoms with Crippen molar-refractivity contribution >= 4 is 17.6 Å². The fraction of sp³-hybridized carbons (Fsp3) is 0.0667. The Hall–Kier alpha value is -2.76. The van der Waals surface area contributed by atoms with Gasteiger partial charge in [0.1, 0.15) is 0 Å². The first-order valence-corrected chi connectivity index (χ1v) is 5.99. The van der Waals surface area contributed by atoms with Crippen LogP contribution in [0, 0.1) is 18.6 Å². The average Bonchev–Trinajstić information content (AvgIpc) is 2.43. The van der Waals surface area contributed by atoms with Gasteiger partial charge in [0.05, 0.1) is 16.8 Å². The number of carboxylic acid groups (broad SMARTS) is 1. The smallest absolute Gasteiger partial charge is 0.337 e. The number of carbonyl (C=O) groups is 2. The van der Waals surface area contributed by atoms with Crippen molar-refractivity contribution in [2.45, 2.75) is 6.92 Å². The molecule has 2 aromatic rings. The lowest BCUT2D eigenvalue weighted by atomic mass is 10.1. The summed E-state index contributed by atoms with van der Waals surface area (Å²) in [6.45, 7) is 1.70. The second kappa shape index (κ2) is 5.70. The number of hydrogen-bond acceptors (Lipinski definition) is 2. The number of aromatic carboxylic acids is 1. The van der Waals surface area contributed by atoms with Crippen LogP contribution in [0.3, 0.4) is 0 Å². The summed E-state index contributed by atoms with van der Waals surface area (Å²) in [6, 6.07) is 7.57. The Morgan fingerprint density at radius 3 is 2.48 bits per heavy atom. The molecule has 0 radical (unpaired) electrons. The summed E-state index contributed by atoms with van der Waals surface area (Å²) in [6.07, 6.45) is 0. The minimum Gasteiger partial charge on any atom is -0.478 e. The predicted octanol–water partition coefficient (Wildman–Crippen LogP) is 3.22. The number of benzene rings is 2. The summed E-state index contributed by atoms with van der Waals surface area (Å²) in [4.78, 5) is 23.1. The van der Waals surface area contributed by atoms with Crippen LogP contribution < -0.4 is 5.32 Å². The zero-order valence-corrected chi connectivity index (χ0v) is 11.0. The van der Waals surface area contributed by atoms with Crippen molar-refractivity contribution in [3.63, 3.8) is 0 Å². The van der Waals surface area contributed by atoms with Crippen molar-refractivity contribution in [2.75, 3.05) is 5.32 Å². The number of amides is 1. The minimum absolute atomic E-state index is 0.0155. The van der Waals surface area contributed by atoms with E-state index >= 15 is 0 Å². The Bertz CT molecular complexity index is 729. The Morgan fingerprint density at radius 2 is 1.81 bits per heavy atom. The molecule has 0 aliphatic rings. The molecule has 2 rings (SSSR count). The minimum atomic E-state index is -1.28. The highest BCUT2D eigenvalue weighted by Gasteiger charge is 2.18. The molecular weight excluding hydrogens is 280 g/mol. The molecule has 0 aliphatic carbocycles. The van der Waals surface area contributed by atoms with Crippen LogP contribution in [0.15, 0.2) is 36.4 Å². The molecule has 0 unspecified atom stereocenters. The quantitative estimate of drug-likeness (QED) is 0.912. The first-order chi connectivity index (χ1) is 9.90. The van der Waals surface area contributed by atoms with E-state index < -0.39 is 29.1 Å². The number of hydrogen-bond donors (Lipinski definition) is 2. The van der Waals surface area contributed by atoms with Gasteiger partial charge in [-0.05, 0) is 31.2 Å². The number of nitrogens with one attached hydrogen (secondary N) is 1. The van der Waals surface area contributed by atoms with Crippen LogP contribution in [0.5, 0.6) is 0 Å². The van der Waals surface area contributed by atoms with Crippen LogP contribution in [0.1, 0.15) is 26.3 Å². The highest BCUT2D eigenvalue weighted by Crippen LogP contribution is 2.19. The third-order valence-electron chi connectivity index (χ3n) is 2.85. The molecule has 0 aromatic heterocycles. The maximum atomic E-state index is 13.5. The van der Waals surface area contributed by atoms with Crippen molar-refractivity contribution in [1.29, 1.82) is 0 Å². The average molecular weight is 291 g/mol. The lowest BCUT2D eigenvalue weighted by Gasteiger charge is -2.10. The van der Waals surface area contributed by atoms with E-state index in [1.807, 2.05) is 0 Å². The second-order valence-corrected chi connectivity index (χ2v) is 4.41. The fourth-order valence-corrected chi connectivity index (χ4v) is 1.81. The van der Waals surface area contributed by atoms with Gasteiger partial charge in [0.2, 0.25) is 0 Å². The molecule has 21 heavy (non-hydrogen) atoms. The van der Waals surface area contributed by atoms with E-state index in [0.29, 0.717) is 5.56 Å². The zero-order chi connectivity index (χ0) is 15.6. The van der Waals surface area contributed by atoms with Gasteiger partial charge in [-0.25, -0.2) is 13.6 Å². The van der Waals surface area contributed by atoms with E-state index in [0.717, 1.165) is 12.1 Å². The Kier molecular flexibility index (Phi) is 3.98. The van der Waals surface area contributed by atoms with Crippen LogP contribution >= 0.6 is 0 Å². The third kappa shape index (κ3) is 3.05. The molecule has 0 saturated carbocycles.